The smallest absolute Gasteiger partial charge is 0.135 e. The number of ether oxygens (including phenoxy) is 1. The van der Waals surface area contributed by atoms with E-state index in [-0.39, 0.29) is 0 Å². The van der Waals surface area contributed by atoms with E-state index in [1.54, 1.807) is 0 Å². The third kappa shape index (κ3) is 1.75. The van der Waals surface area contributed by atoms with Crippen molar-refractivity contribution in [3.63, 3.8) is 0 Å². The Hall–Kier alpha value is -0.300. The molecule has 2 N–H and O–H groups in total. The maximum Gasteiger partial charge on any atom is 0.135 e. The first-order valence-corrected chi connectivity index (χ1v) is 5.86. The van der Waals surface area contributed by atoms with Gasteiger partial charge in [-0.1, -0.05) is 0 Å². The van der Waals surface area contributed by atoms with Gasteiger partial charge in [-0.05, 0) is 42.4 Å². The van der Waals surface area contributed by atoms with Crippen molar-refractivity contribution in [2.75, 3.05) is 18.9 Å². The molecule has 78 valence electrons. The fourth-order valence-corrected chi connectivity index (χ4v) is 2.11. The van der Waals surface area contributed by atoms with E-state index in [4.69, 9.17) is 10.5 Å². The zero-order valence-corrected chi connectivity index (χ0v) is 10.3. The minimum absolute atomic E-state index is 0.422. The van der Waals surface area contributed by atoms with Crippen molar-refractivity contribution in [3.05, 3.63) is 9.26 Å². The van der Waals surface area contributed by atoms with Gasteiger partial charge in [0.25, 0.3) is 0 Å². The summed E-state index contributed by atoms with van der Waals surface area (Å²) in [6.07, 6.45) is 2.03. The van der Waals surface area contributed by atoms with Crippen molar-refractivity contribution in [2.24, 2.45) is 0 Å². The molecule has 4 nitrogen and oxygen atoms in total. The molecule has 0 bridgehead atoms. The molecular formula is C9H14IN3O. The Morgan fingerprint density at radius 1 is 1.50 bits per heavy atom. The van der Waals surface area contributed by atoms with Gasteiger partial charge in [0.1, 0.15) is 5.82 Å². The number of anilines is 1. The molecule has 1 aliphatic heterocycles. The molecule has 1 aromatic rings. The van der Waals surface area contributed by atoms with E-state index < -0.39 is 0 Å². The molecule has 0 radical (unpaired) electrons. The first-order chi connectivity index (χ1) is 6.70. The van der Waals surface area contributed by atoms with E-state index in [0.29, 0.717) is 6.04 Å². The number of nitrogens with two attached hydrogens (primary N) is 1. The summed E-state index contributed by atoms with van der Waals surface area (Å²) in [5, 5.41) is 4.46. The monoisotopic (exact) mass is 307 g/mol. The second-order valence-corrected chi connectivity index (χ2v) is 4.65. The number of rotatable bonds is 1. The molecule has 0 aliphatic carbocycles. The molecule has 5 heteroatoms. The maximum atomic E-state index is 5.99. The molecule has 0 atom stereocenters. The fraction of sp³-hybridized carbons (Fsp3) is 0.667. The van der Waals surface area contributed by atoms with E-state index in [0.717, 1.165) is 41.1 Å². The highest BCUT2D eigenvalue weighted by molar-refractivity contribution is 14.1. The molecular weight excluding hydrogens is 293 g/mol. The number of hydrogen-bond acceptors (Lipinski definition) is 3. The minimum atomic E-state index is 0.422. The van der Waals surface area contributed by atoms with E-state index in [9.17, 15) is 0 Å². The van der Waals surface area contributed by atoms with Crippen LogP contribution in [-0.2, 0) is 4.74 Å². The Morgan fingerprint density at radius 2 is 2.14 bits per heavy atom. The summed E-state index contributed by atoms with van der Waals surface area (Å²) in [6, 6.07) is 0.422. The van der Waals surface area contributed by atoms with Crippen molar-refractivity contribution >= 4 is 28.4 Å². The Labute approximate surface area is 96.9 Å². The van der Waals surface area contributed by atoms with Gasteiger partial charge < -0.3 is 10.5 Å². The van der Waals surface area contributed by atoms with Gasteiger partial charge in [-0.2, -0.15) is 5.10 Å². The third-order valence-electron chi connectivity index (χ3n) is 2.58. The van der Waals surface area contributed by atoms with Gasteiger partial charge in [-0.3, -0.25) is 0 Å². The number of nitrogens with zero attached hydrogens (tertiary/aromatic N) is 2. The molecule has 0 amide bonds. The van der Waals surface area contributed by atoms with Crippen LogP contribution in [0.5, 0.6) is 0 Å². The molecule has 0 aromatic carbocycles. The van der Waals surface area contributed by atoms with E-state index >= 15 is 0 Å². The van der Waals surface area contributed by atoms with Crippen LogP contribution in [0.25, 0.3) is 0 Å². The molecule has 1 saturated heterocycles. The number of halogens is 1. The van der Waals surface area contributed by atoms with E-state index in [1.807, 2.05) is 11.6 Å². The third-order valence-corrected chi connectivity index (χ3v) is 3.92. The highest BCUT2D eigenvalue weighted by Crippen LogP contribution is 2.27. The van der Waals surface area contributed by atoms with Gasteiger partial charge in [-0.15, -0.1) is 0 Å². The topological polar surface area (TPSA) is 53.1 Å². The van der Waals surface area contributed by atoms with Gasteiger partial charge in [0.15, 0.2) is 0 Å². The van der Waals surface area contributed by atoms with Crippen LogP contribution >= 0.6 is 22.6 Å². The predicted molar refractivity (Wildman–Crippen MR) is 63.2 cm³/mol. The molecule has 0 unspecified atom stereocenters. The standard InChI is InChI=1S/C9H14IN3O/c1-6-8(10)9(11)13(12-6)7-2-4-14-5-3-7/h7H,2-5,11H2,1H3. The Morgan fingerprint density at radius 3 is 2.64 bits per heavy atom. The van der Waals surface area contributed by atoms with E-state index in [1.165, 1.54) is 0 Å². The Bertz CT molecular complexity index is 331. The lowest BCUT2D eigenvalue weighted by molar-refractivity contribution is 0.0668. The summed E-state index contributed by atoms with van der Waals surface area (Å²) in [7, 11) is 0. The Balaban J connectivity index is 2.26. The molecule has 1 fully saturated rings. The molecule has 2 rings (SSSR count). The number of aromatic nitrogens is 2. The van der Waals surface area contributed by atoms with E-state index in [2.05, 4.69) is 27.7 Å². The lowest BCUT2D eigenvalue weighted by Gasteiger charge is -2.23. The fourth-order valence-electron chi connectivity index (χ4n) is 1.75. The quantitative estimate of drug-likeness (QED) is 0.804. The van der Waals surface area contributed by atoms with Gasteiger partial charge in [0.2, 0.25) is 0 Å². The Kier molecular flexibility index (Phi) is 2.96. The summed E-state index contributed by atoms with van der Waals surface area (Å²) in [5.74, 6) is 0.801. The number of aryl methyl sites for hydroxylation is 1. The second kappa shape index (κ2) is 4.06. The highest BCUT2D eigenvalue weighted by atomic mass is 127. The van der Waals surface area contributed by atoms with Crippen LogP contribution in [0.3, 0.4) is 0 Å². The lowest BCUT2D eigenvalue weighted by Crippen LogP contribution is -2.21. The lowest BCUT2D eigenvalue weighted by atomic mass is 10.1. The summed E-state index contributed by atoms with van der Waals surface area (Å²) in [6.45, 7) is 3.63. The zero-order valence-electron chi connectivity index (χ0n) is 8.16. The SMILES string of the molecule is Cc1nn(C2CCOCC2)c(N)c1I. The minimum Gasteiger partial charge on any atom is -0.383 e. The first kappa shape index (κ1) is 10.2. The van der Waals surface area contributed by atoms with Crippen LogP contribution < -0.4 is 5.73 Å². The molecule has 1 aromatic heterocycles. The van der Waals surface area contributed by atoms with Crippen LogP contribution in [0.1, 0.15) is 24.6 Å². The summed E-state index contributed by atoms with van der Waals surface area (Å²) < 4.78 is 8.35. The van der Waals surface area contributed by atoms with Crippen LogP contribution in [0.15, 0.2) is 0 Å². The highest BCUT2D eigenvalue weighted by Gasteiger charge is 2.20. The van der Waals surface area contributed by atoms with Crippen LogP contribution in [0.2, 0.25) is 0 Å². The van der Waals surface area contributed by atoms with Gasteiger partial charge in [0.05, 0.1) is 15.3 Å². The van der Waals surface area contributed by atoms with Gasteiger partial charge in [0, 0.05) is 13.2 Å². The van der Waals surface area contributed by atoms with Crippen molar-refractivity contribution < 1.29 is 4.74 Å². The normalized spacial score (nSPS) is 18.7. The largest absolute Gasteiger partial charge is 0.383 e. The number of hydrogen-bond donors (Lipinski definition) is 1. The number of nitrogen functional groups attached to an aromatic ring is 1. The van der Waals surface area contributed by atoms with Gasteiger partial charge >= 0.3 is 0 Å². The summed E-state index contributed by atoms with van der Waals surface area (Å²) in [5.41, 5.74) is 7.01. The first-order valence-electron chi connectivity index (χ1n) is 4.78. The molecule has 1 aliphatic rings. The summed E-state index contributed by atoms with van der Waals surface area (Å²) >= 11 is 2.25. The molecule has 0 saturated carbocycles. The van der Waals surface area contributed by atoms with Crippen LogP contribution in [0, 0.1) is 10.5 Å². The predicted octanol–water partition coefficient (Wildman–Crippen LogP) is 1.73. The van der Waals surface area contributed by atoms with Crippen LogP contribution in [0.4, 0.5) is 5.82 Å². The average Bonchev–Trinajstić information content (AvgIpc) is 2.47. The van der Waals surface area contributed by atoms with Gasteiger partial charge in [-0.25, -0.2) is 4.68 Å². The van der Waals surface area contributed by atoms with Crippen molar-refractivity contribution in [1.29, 1.82) is 0 Å². The molecule has 14 heavy (non-hydrogen) atoms. The summed E-state index contributed by atoms with van der Waals surface area (Å²) in [4.78, 5) is 0. The maximum absolute atomic E-state index is 5.99. The van der Waals surface area contributed by atoms with Crippen molar-refractivity contribution in [2.45, 2.75) is 25.8 Å². The molecule has 0 spiro atoms. The van der Waals surface area contributed by atoms with Crippen molar-refractivity contribution in [3.8, 4) is 0 Å². The second-order valence-electron chi connectivity index (χ2n) is 3.57. The van der Waals surface area contributed by atoms with Crippen molar-refractivity contribution in [1.82, 2.24) is 9.78 Å². The van der Waals surface area contributed by atoms with Crippen LogP contribution in [-0.4, -0.2) is 23.0 Å². The zero-order chi connectivity index (χ0) is 10.1. The average molecular weight is 307 g/mol. The molecule has 2 heterocycles.